The fourth-order valence-electron chi connectivity index (χ4n) is 3.14. The van der Waals surface area contributed by atoms with E-state index in [0.717, 1.165) is 6.54 Å². The van der Waals surface area contributed by atoms with Crippen LogP contribution >= 0.6 is 0 Å². The average Bonchev–Trinajstić information content (AvgIpc) is 2.72. The summed E-state index contributed by atoms with van der Waals surface area (Å²) in [6.07, 6.45) is 4.94. The maximum atomic E-state index is 3.67. The zero-order valence-corrected chi connectivity index (χ0v) is 13.4. The molecule has 1 aliphatic heterocycles. The van der Waals surface area contributed by atoms with E-state index in [-0.39, 0.29) is 0 Å². The molecule has 0 bridgehead atoms. The summed E-state index contributed by atoms with van der Waals surface area (Å²) in [7, 11) is 0. The van der Waals surface area contributed by atoms with Gasteiger partial charge >= 0.3 is 0 Å². The van der Waals surface area contributed by atoms with Crippen molar-refractivity contribution in [1.82, 2.24) is 10.2 Å². The highest BCUT2D eigenvalue weighted by Crippen LogP contribution is 2.23. The van der Waals surface area contributed by atoms with E-state index in [0.29, 0.717) is 11.6 Å². The number of benzene rings is 1. The molecule has 1 fully saturated rings. The van der Waals surface area contributed by atoms with Crippen LogP contribution < -0.4 is 5.32 Å². The van der Waals surface area contributed by atoms with Crippen LogP contribution in [0.15, 0.2) is 30.3 Å². The van der Waals surface area contributed by atoms with E-state index in [1.807, 2.05) is 0 Å². The second-order valence-electron chi connectivity index (χ2n) is 6.63. The summed E-state index contributed by atoms with van der Waals surface area (Å²) in [4.78, 5) is 2.68. The molecule has 0 saturated carbocycles. The highest BCUT2D eigenvalue weighted by Gasteiger charge is 2.28. The van der Waals surface area contributed by atoms with Gasteiger partial charge in [-0.05, 0) is 45.1 Å². The SMILES string of the molecule is CCC1CCN(C(C)(C)CCc2ccccc2)CCN1. The molecule has 1 unspecified atom stereocenters. The third-order valence-electron chi connectivity index (χ3n) is 4.78. The van der Waals surface area contributed by atoms with E-state index in [2.05, 4.69) is 61.3 Å². The van der Waals surface area contributed by atoms with E-state index < -0.39 is 0 Å². The first-order valence-corrected chi connectivity index (χ1v) is 8.14. The Balaban J connectivity index is 1.89. The zero-order chi connectivity index (χ0) is 14.4. The quantitative estimate of drug-likeness (QED) is 0.884. The van der Waals surface area contributed by atoms with Crippen LogP contribution in [0.4, 0.5) is 0 Å². The van der Waals surface area contributed by atoms with E-state index in [9.17, 15) is 0 Å². The van der Waals surface area contributed by atoms with Gasteiger partial charge in [0.1, 0.15) is 0 Å². The lowest BCUT2D eigenvalue weighted by Crippen LogP contribution is -2.46. The highest BCUT2D eigenvalue weighted by molar-refractivity contribution is 5.15. The smallest absolute Gasteiger partial charge is 0.0156 e. The molecule has 1 N–H and O–H groups in total. The van der Waals surface area contributed by atoms with Gasteiger partial charge in [0.25, 0.3) is 0 Å². The van der Waals surface area contributed by atoms with Crippen LogP contribution in [0.25, 0.3) is 0 Å². The molecule has 0 radical (unpaired) electrons. The Labute approximate surface area is 124 Å². The van der Waals surface area contributed by atoms with Crippen molar-refractivity contribution in [2.24, 2.45) is 0 Å². The second kappa shape index (κ2) is 7.24. The third kappa shape index (κ3) is 4.32. The molecule has 0 spiro atoms. The number of nitrogens with one attached hydrogen (secondary N) is 1. The summed E-state index contributed by atoms with van der Waals surface area (Å²) < 4.78 is 0. The zero-order valence-electron chi connectivity index (χ0n) is 13.4. The predicted octanol–water partition coefficient (Wildman–Crippen LogP) is 3.47. The van der Waals surface area contributed by atoms with Crippen LogP contribution in [0.5, 0.6) is 0 Å². The standard InChI is InChI=1S/C18H30N2/c1-4-17-11-14-20(15-13-19-17)18(2,3)12-10-16-8-6-5-7-9-16/h5-9,17,19H,4,10-15H2,1-3H3. The highest BCUT2D eigenvalue weighted by atomic mass is 15.2. The predicted molar refractivity (Wildman–Crippen MR) is 87.1 cm³/mol. The largest absolute Gasteiger partial charge is 0.313 e. The fraction of sp³-hybridized carbons (Fsp3) is 0.667. The molecule has 1 saturated heterocycles. The van der Waals surface area contributed by atoms with E-state index in [1.165, 1.54) is 44.3 Å². The van der Waals surface area contributed by atoms with Crippen LogP contribution in [0.1, 0.15) is 45.6 Å². The summed E-state index contributed by atoms with van der Waals surface area (Å²) in [5.41, 5.74) is 1.75. The molecule has 0 aromatic heterocycles. The summed E-state index contributed by atoms with van der Waals surface area (Å²) >= 11 is 0. The van der Waals surface area contributed by atoms with Crippen molar-refractivity contribution >= 4 is 0 Å². The average molecular weight is 274 g/mol. The molecule has 2 nitrogen and oxygen atoms in total. The lowest BCUT2D eigenvalue weighted by molar-refractivity contribution is 0.119. The molecule has 20 heavy (non-hydrogen) atoms. The summed E-state index contributed by atoms with van der Waals surface area (Å²) in [5, 5.41) is 3.67. The van der Waals surface area contributed by atoms with Crippen molar-refractivity contribution < 1.29 is 0 Å². The van der Waals surface area contributed by atoms with Crippen LogP contribution in [0.3, 0.4) is 0 Å². The molecule has 2 rings (SSSR count). The van der Waals surface area contributed by atoms with Gasteiger partial charge in [0.05, 0.1) is 0 Å². The summed E-state index contributed by atoms with van der Waals surface area (Å²) in [5.74, 6) is 0. The first-order chi connectivity index (χ1) is 9.62. The number of aryl methyl sites for hydroxylation is 1. The van der Waals surface area contributed by atoms with Crippen LogP contribution in [0.2, 0.25) is 0 Å². The number of nitrogens with zero attached hydrogens (tertiary/aromatic N) is 1. The Bertz CT molecular complexity index is 386. The van der Waals surface area contributed by atoms with Crippen LogP contribution in [0, 0.1) is 0 Å². The lowest BCUT2D eigenvalue weighted by atomic mass is 9.93. The van der Waals surface area contributed by atoms with Gasteiger partial charge in [0.15, 0.2) is 0 Å². The van der Waals surface area contributed by atoms with E-state index in [1.54, 1.807) is 0 Å². The minimum Gasteiger partial charge on any atom is -0.313 e. The lowest BCUT2D eigenvalue weighted by Gasteiger charge is -2.38. The molecule has 2 heteroatoms. The van der Waals surface area contributed by atoms with Gasteiger partial charge in [-0.15, -0.1) is 0 Å². The van der Waals surface area contributed by atoms with Gasteiger partial charge in [0, 0.05) is 31.2 Å². The van der Waals surface area contributed by atoms with Gasteiger partial charge in [-0.25, -0.2) is 0 Å². The van der Waals surface area contributed by atoms with Crippen LogP contribution in [-0.2, 0) is 6.42 Å². The molecule has 1 aromatic rings. The first kappa shape index (κ1) is 15.5. The minimum absolute atomic E-state index is 0.292. The number of hydrogen-bond acceptors (Lipinski definition) is 2. The van der Waals surface area contributed by atoms with Gasteiger partial charge < -0.3 is 5.32 Å². The van der Waals surface area contributed by atoms with Crippen molar-refractivity contribution in [2.75, 3.05) is 19.6 Å². The van der Waals surface area contributed by atoms with Crippen molar-refractivity contribution in [1.29, 1.82) is 0 Å². The molecule has 1 aliphatic rings. The van der Waals surface area contributed by atoms with Gasteiger partial charge in [-0.3, -0.25) is 4.90 Å². The third-order valence-corrected chi connectivity index (χ3v) is 4.78. The maximum Gasteiger partial charge on any atom is 0.0156 e. The van der Waals surface area contributed by atoms with Crippen molar-refractivity contribution in [3.63, 3.8) is 0 Å². The Morgan fingerprint density at radius 3 is 2.65 bits per heavy atom. The van der Waals surface area contributed by atoms with Gasteiger partial charge in [0.2, 0.25) is 0 Å². The monoisotopic (exact) mass is 274 g/mol. The van der Waals surface area contributed by atoms with Crippen molar-refractivity contribution in [2.45, 2.75) is 58.0 Å². The maximum absolute atomic E-state index is 3.67. The fourth-order valence-corrected chi connectivity index (χ4v) is 3.14. The Morgan fingerprint density at radius 2 is 1.95 bits per heavy atom. The van der Waals surface area contributed by atoms with Crippen molar-refractivity contribution in [3.05, 3.63) is 35.9 Å². The number of rotatable bonds is 5. The topological polar surface area (TPSA) is 15.3 Å². The molecule has 0 amide bonds. The van der Waals surface area contributed by atoms with E-state index in [4.69, 9.17) is 0 Å². The molecular weight excluding hydrogens is 244 g/mol. The second-order valence-corrected chi connectivity index (χ2v) is 6.63. The van der Waals surface area contributed by atoms with Gasteiger partial charge in [-0.1, -0.05) is 37.3 Å². The molecule has 1 atom stereocenters. The normalized spacial score (nSPS) is 21.6. The molecule has 0 aliphatic carbocycles. The molecule has 112 valence electrons. The molecular formula is C18H30N2. The van der Waals surface area contributed by atoms with Crippen LogP contribution in [-0.4, -0.2) is 36.1 Å². The Kier molecular flexibility index (Phi) is 5.62. The number of hydrogen-bond donors (Lipinski definition) is 1. The minimum atomic E-state index is 0.292. The Morgan fingerprint density at radius 1 is 1.20 bits per heavy atom. The Hall–Kier alpha value is -0.860. The summed E-state index contributed by atoms with van der Waals surface area (Å²) in [6.45, 7) is 10.6. The van der Waals surface area contributed by atoms with E-state index >= 15 is 0 Å². The first-order valence-electron chi connectivity index (χ1n) is 8.14. The summed E-state index contributed by atoms with van der Waals surface area (Å²) in [6, 6.07) is 11.6. The van der Waals surface area contributed by atoms with Gasteiger partial charge in [-0.2, -0.15) is 0 Å². The molecule has 1 aromatic carbocycles. The van der Waals surface area contributed by atoms with Crippen molar-refractivity contribution in [3.8, 4) is 0 Å². The molecule has 1 heterocycles.